The third-order valence-corrected chi connectivity index (χ3v) is 2.88. The molecule has 0 aliphatic heterocycles. The summed E-state index contributed by atoms with van der Waals surface area (Å²) in [5, 5.41) is 14.0. The van der Waals surface area contributed by atoms with Gasteiger partial charge in [0.25, 0.3) is 0 Å². The van der Waals surface area contributed by atoms with Crippen LogP contribution in [0.2, 0.25) is 0 Å². The minimum Gasteiger partial charge on any atom is -0.469 e. The maximum Gasteiger partial charge on any atom is 0.329 e. The number of nitrogens with zero attached hydrogens (tertiary/aromatic N) is 3. The minimum atomic E-state index is -0.540. The highest BCUT2D eigenvalue weighted by atomic mass is 16.6. The number of aryl methyl sites for hydroxylation is 1. The highest BCUT2D eigenvalue weighted by molar-refractivity contribution is 5.57. The number of aromatic nitrogens is 2. The van der Waals surface area contributed by atoms with Crippen molar-refractivity contribution < 1.29 is 9.34 Å². The Kier molecular flexibility index (Phi) is 4.67. The van der Waals surface area contributed by atoms with Gasteiger partial charge in [0.15, 0.2) is 0 Å². The van der Waals surface area contributed by atoms with Crippen molar-refractivity contribution in [1.82, 2.24) is 9.97 Å². The second kappa shape index (κ2) is 6.66. The van der Waals surface area contributed by atoms with Gasteiger partial charge in [0.2, 0.25) is 11.8 Å². The molecule has 0 aliphatic rings. The number of nitrogen functional groups attached to an aromatic ring is 1. The Bertz CT molecular complexity index is 601. The van der Waals surface area contributed by atoms with Crippen LogP contribution in [-0.2, 0) is 6.42 Å². The number of hydrazine groups is 1. The molecule has 9 nitrogen and oxygen atoms in total. The van der Waals surface area contributed by atoms with Crippen molar-refractivity contribution in [2.75, 3.05) is 10.7 Å². The van der Waals surface area contributed by atoms with Gasteiger partial charge in [-0.1, -0.05) is 0 Å². The molecule has 0 saturated heterocycles. The number of anilines is 2. The number of hydrogen-bond acceptors (Lipinski definition) is 8. The van der Waals surface area contributed by atoms with Crippen LogP contribution in [0.1, 0.15) is 19.1 Å². The smallest absolute Gasteiger partial charge is 0.329 e. The molecule has 9 heteroatoms. The fourth-order valence-corrected chi connectivity index (χ4v) is 1.80. The molecule has 0 fully saturated rings. The standard InChI is InChI=1S/C12H16N6O3/c1-8(4-5-9-3-2-6-21-9)15-11-10(18(19)20)7-14-12(16-11)17-13/h2-3,6-8H,4-5,13H2,1H3,(H2,14,15,16,17). The van der Waals surface area contributed by atoms with Gasteiger partial charge in [-0.2, -0.15) is 4.98 Å². The van der Waals surface area contributed by atoms with Gasteiger partial charge in [-0.05, 0) is 25.5 Å². The highest BCUT2D eigenvalue weighted by Gasteiger charge is 2.18. The maximum atomic E-state index is 11.0. The minimum absolute atomic E-state index is 0.0330. The van der Waals surface area contributed by atoms with E-state index in [0.717, 1.165) is 24.8 Å². The second-order valence-corrected chi connectivity index (χ2v) is 4.49. The van der Waals surface area contributed by atoms with E-state index in [4.69, 9.17) is 10.3 Å². The Balaban J connectivity index is 2.04. The molecule has 4 N–H and O–H groups in total. The van der Waals surface area contributed by atoms with Gasteiger partial charge in [0, 0.05) is 12.5 Å². The molecule has 0 amide bonds. The van der Waals surface area contributed by atoms with E-state index in [2.05, 4.69) is 20.7 Å². The molecule has 1 unspecified atom stereocenters. The molecule has 0 aliphatic carbocycles. The SMILES string of the molecule is CC(CCc1ccco1)Nc1nc(NN)ncc1[N+](=O)[O-]. The second-order valence-electron chi connectivity index (χ2n) is 4.49. The molecular formula is C12H16N6O3. The van der Waals surface area contributed by atoms with Crippen LogP contribution in [0, 0.1) is 10.1 Å². The summed E-state index contributed by atoms with van der Waals surface area (Å²) in [5.74, 6) is 6.33. The van der Waals surface area contributed by atoms with Gasteiger partial charge in [-0.15, -0.1) is 0 Å². The summed E-state index contributed by atoms with van der Waals surface area (Å²) in [6.07, 6.45) is 4.19. The normalized spacial score (nSPS) is 11.9. The van der Waals surface area contributed by atoms with Crippen molar-refractivity contribution in [3.63, 3.8) is 0 Å². The van der Waals surface area contributed by atoms with E-state index in [-0.39, 0.29) is 23.5 Å². The van der Waals surface area contributed by atoms with Crippen molar-refractivity contribution in [2.45, 2.75) is 25.8 Å². The number of furan rings is 1. The van der Waals surface area contributed by atoms with E-state index in [0.29, 0.717) is 0 Å². The van der Waals surface area contributed by atoms with Gasteiger partial charge in [0.05, 0.1) is 11.2 Å². The summed E-state index contributed by atoms with van der Waals surface area (Å²) in [7, 11) is 0. The van der Waals surface area contributed by atoms with E-state index in [9.17, 15) is 10.1 Å². The van der Waals surface area contributed by atoms with Gasteiger partial charge in [-0.3, -0.25) is 15.5 Å². The first-order valence-corrected chi connectivity index (χ1v) is 6.37. The average molecular weight is 292 g/mol. The van der Waals surface area contributed by atoms with E-state index in [1.807, 2.05) is 19.1 Å². The van der Waals surface area contributed by atoms with E-state index >= 15 is 0 Å². The van der Waals surface area contributed by atoms with Crippen LogP contribution in [0.25, 0.3) is 0 Å². The van der Waals surface area contributed by atoms with Crippen molar-refractivity contribution in [3.05, 3.63) is 40.5 Å². The zero-order valence-corrected chi connectivity index (χ0v) is 11.4. The first kappa shape index (κ1) is 14.7. The molecule has 2 rings (SSSR count). The Hall–Kier alpha value is -2.68. The predicted molar refractivity (Wildman–Crippen MR) is 76.6 cm³/mol. The number of nitro groups is 1. The van der Waals surface area contributed by atoms with Gasteiger partial charge in [0.1, 0.15) is 12.0 Å². The fraction of sp³-hybridized carbons (Fsp3) is 0.333. The predicted octanol–water partition coefficient (Wildman–Crippen LogP) is 1.70. The van der Waals surface area contributed by atoms with Crippen molar-refractivity contribution in [3.8, 4) is 0 Å². The first-order chi connectivity index (χ1) is 10.1. The lowest BCUT2D eigenvalue weighted by Crippen LogP contribution is -2.19. The Morgan fingerprint density at radius 1 is 1.57 bits per heavy atom. The Labute approximate surface area is 120 Å². The zero-order valence-electron chi connectivity index (χ0n) is 11.4. The average Bonchev–Trinajstić information content (AvgIpc) is 2.98. The summed E-state index contributed by atoms with van der Waals surface area (Å²) in [4.78, 5) is 18.1. The maximum absolute atomic E-state index is 11.0. The molecular weight excluding hydrogens is 276 g/mol. The van der Waals surface area contributed by atoms with Gasteiger partial charge in [-0.25, -0.2) is 10.8 Å². The van der Waals surface area contributed by atoms with Crippen molar-refractivity contribution >= 4 is 17.5 Å². The number of hydrogen-bond donors (Lipinski definition) is 3. The number of rotatable bonds is 7. The van der Waals surface area contributed by atoms with Gasteiger partial charge < -0.3 is 9.73 Å². The molecule has 0 spiro atoms. The topological polar surface area (TPSA) is 132 Å². The highest BCUT2D eigenvalue weighted by Crippen LogP contribution is 2.23. The molecule has 0 radical (unpaired) electrons. The molecule has 0 bridgehead atoms. The number of nitrogens with two attached hydrogens (primary N) is 1. The Morgan fingerprint density at radius 3 is 3.00 bits per heavy atom. The largest absolute Gasteiger partial charge is 0.469 e. The molecule has 112 valence electrons. The van der Waals surface area contributed by atoms with E-state index in [1.165, 1.54) is 0 Å². The summed E-state index contributed by atoms with van der Waals surface area (Å²) >= 11 is 0. The monoisotopic (exact) mass is 292 g/mol. The summed E-state index contributed by atoms with van der Waals surface area (Å²) in [5.41, 5.74) is 2.07. The Morgan fingerprint density at radius 2 is 2.38 bits per heavy atom. The van der Waals surface area contributed by atoms with Crippen LogP contribution in [0.15, 0.2) is 29.0 Å². The molecule has 2 heterocycles. The fourth-order valence-electron chi connectivity index (χ4n) is 1.80. The molecule has 0 saturated carbocycles. The van der Waals surface area contributed by atoms with Crippen LogP contribution < -0.4 is 16.6 Å². The van der Waals surface area contributed by atoms with Crippen LogP contribution in [-0.4, -0.2) is 20.9 Å². The summed E-state index contributed by atoms with van der Waals surface area (Å²) in [6, 6.07) is 3.67. The molecule has 21 heavy (non-hydrogen) atoms. The lowest BCUT2D eigenvalue weighted by Gasteiger charge is -2.14. The summed E-state index contributed by atoms with van der Waals surface area (Å²) < 4.78 is 5.24. The third-order valence-electron chi connectivity index (χ3n) is 2.88. The first-order valence-electron chi connectivity index (χ1n) is 6.37. The van der Waals surface area contributed by atoms with Crippen molar-refractivity contribution in [2.24, 2.45) is 5.84 Å². The van der Waals surface area contributed by atoms with Crippen LogP contribution >= 0.6 is 0 Å². The van der Waals surface area contributed by atoms with Crippen LogP contribution in [0.4, 0.5) is 17.5 Å². The quantitative estimate of drug-likeness (QED) is 0.399. The van der Waals surface area contributed by atoms with E-state index in [1.54, 1.807) is 6.26 Å². The van der Waals surface area contributed by atoms with Crippen LogP contribution in [0.3, 0.4) is 0 Å². The third kappa shape index (κ3) is 3.89. The number of nitrogens with one attached hydrogen (secondary N) is 2. The molecule has 2 aromatic rings. The lowest BCUT2D eigenvalue weighted by molar-refractivity contribution is -0.384. The zero-order chi connectivity index (χ0) is 15.2. The lowest BCUT2D eigenvalue weighted by atomic mass is 10.1. The van der Waals surface area contributed by atoms with Gasteiger partial charge >= 0.3 is 5.69 Å². The van der Waals surface area contributed by atoms with Crippen molar-refractivity contribution in [1.29, 1.82) is 0 Å². The molecule has 2 aromatic heterocycles. The molecule has 0 aromatic carbocycles. The molecule has 1 atom stereocenters. The van der Waals surface area contributed by atoms with E-state index < -0.39 is 4.92 Å². The summed E-state index contributed by atoms with van der Waals surface area (Å²) in [6.45, 7) is 1.91. The van der Waals surface area contributed by atoms with Crippen LogP contribution in [0.5, 0.6) is 0 Å².